The van der Waals surface area contributed by atoms with Crippen molar-refractivity contribution in [2.75, 3.05) is 5.32 Å². The molecule has 0 amide bonds. The van der Waals surface area contributed by atoms with Crippen molar-refractivity contribution in [2.24, 2.45) is 10.7 Å². The zero-order valence-corrected chi connectivity index (χ0v) is 15.2. The number of nitrogens with two attached hydrogens (primary N) is 1. The number of fused-ring (bicyclic) bond motifs is 1. The number of anilines is 1. The van der Waals surface area contributed by atoms with Crippen LogP contribution in [0.2, 0.25) is 0 Å². The summed E-state index contributed by atoms with van der Waals surface area (Å²) in [6.45, 7) is 2.55. The van der Waals surface area contributed by atoms with Crippen LogP contribution < -0.4 is 11.1 Å². The van der Waals surface area contributed by atoms with Gasteiger partial charge in [-0.25, -0.2) is 4.99 Å². The Morgan fingerprint density at radius 2 is 1.83 bits per heavy atom. The lowest BCUT2D eigenvalue weighted by atomic mass is 10.1. The number of para-hydroxylation sites is 1. The number of aliphatic imine (C=N–C) groups is 1. The largest absolute Gasteiger partial charge is 0.370 e. The van der Waals surface area contributed by atoms with Crippen molar-refractivity contribution in [3.63, 3.8) is 0 Å². The Labute approximate surface area is 152 Å². The molecular weight excluding hydrogens is 399 g/mol. The lowest BCUT2D eigenvalue weighted by Crippen LogP contribution is -2.22. The highest BCUT2D eigenvalue weighted by molar-refractivity contribution is 14.0. The third kappa shape index (κ3) is 4.41. The molecule has 3 N–H and O–H groups in total. The van der Waals surface area contributed by atoms with Crippen molar-refractivity contribution < 1.29 is 0 Å². The van der Waals surface area contributed by atoms with E-state index in [4.69, 9.17) is 5.73 Å². The summed E-state index contributed by atoms with van der Waals surface area (Å²) in [5, 5.41) is 4.21. The Balaban J connectivity index is 0.00000192. The molecule has 0 aliphatic heterocycles. The van der Waals surface area contributed by atoms with Gasteiger partial charge in [0.2, 0.25) is 0 Å². The van der Waals surface area contributed by atoms with E-state index in [2.05, 4.69) is 22.2 Å². The van der Waals surface area contributed by atoms with Crippen molar-refractivity contribution in [3.05, 3.63) is 71.9 Å². The molecule has 0 spiro atoms. The zero-order chi connectivity index (χ0) is 15.4. The Bertz CT molecular complexity index is 807. The second kappa shape index (κ2) is 7.92. The maximum atomic E-state index is 5.95. The summed E-state index contributed by atoms with van der Waals surface area (Å²) in [5.74, 6) is 0.400. The number of aromatic nitrogens is 1. The SMILES string of the molecule is Cc1ccc(NC(N)=NCc2cccc3cccnc23)cc1.I. The minimum absolute atomic E-state index is 0. The van der Waals surface area contributed by atoms with Crippen molar-refractivity contribution >= 4 is 46.5 Å². The smallest absolute Gasteiger partial charge is 0.193 e. The first-order valence-electron chi connectivity index (χ1n) is 7.18. The monoisotopic (exact) mass is 418 g/mol. The molecule has 0 fully saturated rings. The predicted molar refractivity (Wildman–Crippen MR) is 107 cm³/mol. The second-order valence-electron chi connectivity index (χ2n) is 5.18. The van der Waals surface area contributed by atoms with Gasteiger partial charge in [0.1, 0.15) is 0 Å². The summed E-state index contributed by atoms with van der Waals surface area (Å²) in [6, 6.07) is 18.1. The molecule has 0 radical (unpaired) electrons. The number of halogens is 1. The molecule has 3 rings (SSSR count). The van der Waals surface area contributed by atoms with Crippen LogP contribution in [0, 0.1) is 6.92 Å². The molecule has 0 atom stereocenters. The zero-order valence-electron chi connectivity index (χ0n) is 12.9. The van der Waals surface area contributed by atoms with Gasteiger partial charge in [0.15, 0.2) is 5.96 Å². The third-order valence-corrected chi connectivity index (χ3v) is 3.46. The quantitative estimate of drug-likeness (QED) is 0.383. The highest BCUT2D eigenvalue weighted by Gasteiger charge is 2.01. The Kier molecular flexibility index (Phi) is 5.92. The number of pyridine rings is 1. The number of guanidine groups is 1. The number of hydrogen-bond donors (Lipinski definition) is 2. The summed E-state index contributed by atoms with van der Waals surface area (Å²) >= 11 is 0. The van der Waals surface area contributed by atoms with E-state index in [1.54, 1.807) is 6.20 Å². The normalized spacial score (nSPS) is 11.1. The molecule has 5 heteroatoms. The molecule has 23 heavy (non-hydrogen) atoms. The number of rotatable bonds is 3. The van der Waals surface area contributed by atoms with Crippen LogP contribution in [0.25, 0.3) is 10.9 Å². The fourth-order valence-corrected chi connectivity index (χ4v) is 2.29. The van der Waals surface area contributed by atoms with Crippen molar-refractivity contribution in [3.8, 4) is 0 Å². The van der Waals surface area contributed by atoms with E-state index >= 15 is 0 Å². The van der Waals surface area contributed by atoms with Crippen molar-refractivity contribution in [2.45, 2.75) is 13.5 Å². The van der Waals surface area contributed by atoms with Crippen LogP contribution in [0.15, 0.2) is 65.8 Å². The fraction of sp³-hybridized carbons (Fsp3) is 0.111. The van der Waals surface area contributed by atoms with Crippen LogP contribution in [0.4, 0.5) is 5.69 Å². The van der Waals surface area contributed by atoms with Gasteiger partial charge in [0.05, 0.1) is 12.1 Å². The summed E-state index contributed by atoms with van der Waals surface area (Å²) < 4.78 is 0. The Morgan fingerprint density at radius 3 is 2.61 bits per heavy atom. The number of nitrogens with one attached hydrogen (secondary N) is 1. The van der Waals surface area contributed by atoms with Gasteiger partial charge in [-0.15, -0.1) is 24.0 Å². The summed E-state index contributed by atoms with van der Waals surface area (Å²) in [7, 11) is 0. The van der Waals surface area contributed by atoms with Crippen molar-refractivity contribution in [1.29, 1.82) is 0 Å². The molecule has 0 saturated heterocycles. The predicted octanol–water partition coefficient (Wildman–Crippen LogP) is 4.09. The maximum Gasteiger partial charge on any atom is 0.193 e. The molecule has 1 aromatic heterocycles. The summed E-state index contributed by atoms with van der Waals surface area (Å²) in [4.78, 5) is 8.83. The van der Waals surface area contributed by atoms with Crippen LogP contribution in [0.5, 0.6) is 0 Å². The van der Waals surface area contributed by atoms with E-state index in [0.717, 1.165) is 22.2 Å². The van der Waals surface area contributed by atoms with Gasteiger partial charge in [-0.2, -0.15) is 0 Å². The average molecular weight is 418 g/mol. The van der Waals surface area contributed by atoms with Crippen LogP contribution in [0.3, 0.4) is 0 Å². The number of aryl methyl sites for hydroxylation is 1. The summed E-state index contributed by atoms with van der Waals surface area (Å²) in [5.41, 5.74) is 10.1. The van der Waals surface area contributed by atoms with E-state index in [-0.39, 0.29) is 24.0 Å². The first kappa shape index (κ1) is 17.2. The third-order valence-electron chi connectivity index (χ3n) is 3.46. The molecular formula is C18H19IN4. The molecule has 4 nitrogen and oxygen atoms in total. The average Bonchev–Trinajstić information content (AvgIpc) is 2.55. The highest BCUT2D eigenvalue weighted by atomic mass is 127. The lowest BCUT2D eigenvalue weighted by Gasteiger charge is -2.07. The minimum atomic E-state index is 0. The van der Waals surface area contributed by atoms with Crippen molar-refractivity contribution in [1.82, 2.24) is 4.98 Å². The molecule has 0 saturated carbocycles. The Morgan fingerprint density at radius 1 is 1.09 bits per heavy atom. The fourth-order valence-electron chi connectivity index (χ4n) is 2.29. The van der Waals surface area contributed by atoms with Crippen LogP contribution in [0.1, 0.15) is 11.1 Å². The number of nitrogens with zero attached hydrogens (tertiary/aromatic N) is 2. The molecule has 1 heterocycles. The van der Waals surface area contributed by atoms with Gasteiger partial charge in [-0.1, -0.05) is 42.0 Å². The van der Waals surface area contributed by atoms with Crippen LogP contribution in [-0.4, -0.2) is 10.9 Å². The molecule has 0 aliphatic rings. The highest BCUT2D eigenvalue weighted by Crippen LogP contribution is 2.16. The topological polar surface area (TPSA) is 63.3 Å². The first-order valence-corrected chi connectivity index (χ1v) is 7.18. The van der Waals surface area contributed by atoms with Gasteiger partial charge in [0, 0.05) is 17.3 Å². The van der Waals surface area contributed by atoms with Gasteiger partial charge >= 0.3 is 0 Å². The van der Waals surface area contributed by atoms with Crippen LogP contribution in [-0.2, 0) is 6.54 Å². The Hall–Kier alpha value is -2.15. The first-order chi connectivity index (χ1) is 10.7. The van der Waals surface area contributed by atoms with Gasteiger partial charge in [-0.05, 0) is 30.7 Å². The molecule has 0 bridgehead atoms. The van der Waals surface area contributed by atoms with Gasteiger partial charge in [0.25, 0.3) is 0 Å². The minimum Gasteiger partial charge on any atom is -0.370 e. The second-order valence-corrected chi connectivity index (χ2v) is 5.18. The van der Waals surface area contributed by atoms with E-state index in [0.29, 0.717) is 12.5 Å². The van der Waals surface area contributed by atoms with Gasteiger partial charge in [-0.3, -0.25) is 4.98 Å². The molecule has 0 aliphatic carbocycles. The molecule has 0 unspecified atom stereocenters. The molecule has 118 valence electrons. The van der Waals surface area contributed by atoms with Gasteiger partial charge < -0.3 is 11.1 Å². The van der Waals surface area contributed by atoms with E-state index in [1.165, 1.54) is 5.56 Å². The van der Waals surface area contributed by atoms with E-state index in [9.17, 15) is 0 Å². The standard InChI is InChI=1S/C18H18N4.HI/c1-13-7-9-16(10-8-13)22-18(19)21-12-15-5-2-4-14-6-3-11-20-17(14)15;/h2-11H,12H2,1H3,(H3,19,21,22);1H. The van der Waals surface area contributed by atoms with E-state index in [1.807, 2.05) is 54.6 Å². The number of benzene rings is 2. The van der Waals surface area contributed by atoms with E-state index < -0.39 is 0 Å². The summed E-state index contributed by atoms with van der Waals surface area (Å²) in [6.07, 6.45) is 1.80. The van der Waals surface area contributed by atoms with Crippen LogP contribution >= 0.6 is 24.0 Å². The molecule has 2 aromatic carbocycles. The lowest BCUT2D eigenvalue weighted by molar-refractivity contribution is 1.06. The maximum absolute atomic E-state index is 5.95. The molecule has 3 aromatic rings. The number of hydrogen-bond acceptors (Lipinski definition) is 2.